The first kappa shape index (κ1) is 16.6. The van der Waals surface area contributed by atoms with Crippen molar-refractivity contribution in [2.45, 2.75) is 45.1 Å². The number of aryl methyl sites for hydroxylation is 2. The van der Waals surface area contributed by atoms with Crippen LogP contribution in [0.4, 0.5) is 8.78 Å². The van der Waals surface area contributed by atoms with Gasteiger partial charge in [-0.05, 0) is 45.2 Å². The summed E-state index contributed by atoms with van der Waals surface area (Å²) in [5.41, 5.74) is 3.05. The maximum absolute atomic E-state index is 13.9. The van der Waals surface area contributed by atoms with Gasteiger partial charge in [0.2, 0.25) is 5.91 Å². The predicted octanol–water partition coefficient (Wildman–Crippen LogP) is 4.49. The Kier molecular flexibility index (Phi) is 4.16. The van der Waals surface area contributed by atoms with E-state index in [1.54, 1.807) is 6.92 Å². The molecule has 1 unspecified atom stereocenters. The van der Waals surface area contributed by atoms with Crippen molar-refractivity contribution in [2.24, 2.45) is 0 Å². The van der Waals surface area contributed by atoms with E-state index in [-0.39, 0.29) is 5.91 Å². The van der Waals surface area contributed by atoms with Crippen molar-refractivity contribution < 1.29 is 13.6 Å². The molecule has 1 amide bonds. The molecule has 1 aliphatic carbocycles. The molecule has 2 aromatic rings. The second kappa shape index (κ2) is 6.00. The molecule has 0 aromatic heterocycles. The van der Waals surface area contributed by atoms with E-state index in [0.29, 0.717) is 5.56 Å². The lowest BCUT2D eigenvalue weighted by molar-refractivity contribution is -0.124. The van der Waals surface area contributed by atoms with Crippen LogP contribution in [0.2, 0.25) is 0 Å². The molecule has 1 aliphatic rings. The van der Waals surface area contributed by atoms with Crippen molar-refractivity contribution >= 4 is 5.91 Å². The molecule has 0 bridgehead atoms. The Morgan fingerprint density at radius 2 is 1.71 bits per heavy atom. The summed E-state index contributed by atoms with van der Waals surface area (Å²) in [6.07, 6.45) is 1.58. The van der Waals surface area contributed by atoms with Gasteiger partial charge in [0.15, 0.2) is 0 Å². The monoisotopic (exact) mass is 329 g/mol. The number of halogens is 2. The van der Waals surface area contributed by atoms with E-state index in [4.69, 9.17) is 0 Å². The average Bonchev–Trinajstić information content (AvgIpc) is 3.27. The highest BCUT2D eigenvalue weighted by molar-refractivity contribution is 5.91. The molecule has 3 rings (SSSR count). The highest BCUT2D eigenvalue weighted by atomic mass is 19.1. The van der Waals surface area contributed by atoms with Crippen LogP contribution in [0.3, 0.4) is 0 Å². The molecule has 2 nitrogen and oxygen atoms in total. The van der Waals surface area contributed by atoms with Crippen molar-refractivity contribution in [1.82, 2.24) is 5.32 Å². The summed E-state index contributed by atoms with van der Waals surface area (Å²) in [6.45, 7) is 5.74. The lowest BCUT2D eigenvalue weighted by atomic mass is 9.91. The van der Waals surface area contributed by atoms with Gasteiger partial charge in [-0.2, -0.15) is 0 Å². The molecule has 126 valence electrons. The highest BCUT2D eigenvalue weighted by Gasteiger charge is 2.51. The summed E-state index contributed by atoms with van der Waals surface area (Å²) < 4.78 is 26.9. The minimum atomic E-state index is -0.640. The first-order valence-corrected chi connectivity index (χ1v) is 8.16. The van der Waals surface area contributed by atoms with Crippen LogP contribution in [0, 0.1) is 25.5 Å². The Labute approximate surface area is 140 Å². The molecular formula is C20H21F2NO. The second-order valence-corrected chi connectivity index (χ2v) is 6.82. The third-order valence-corrected chi connectivity index (χ3v) is 4.74. The van der Waals surface area contributed by atoms with Crippen LogP contribution in [-0.4, -0.2) is 5.91 Å². The summed E-state index contributed by atoms with van der Waals surface area (Å²) in [7, 11) is 0. The lowest BCUT2D eigenvalue weighted by Crippen LogP contribution is -2.36. The van der Waals surface area contributed by atoms with Gasteiger partial charge in [0, 0.05) is 11.6 Å². The van der Waals surface area contributed by atoms with E-state index >= 15 is 0 Å². The quantitative estimate of drug-likeness (QED) is 0.880. The summed E-state index contributed by atoms with van der Waals surface area (Å²) in [5.74, 6) is -1.36. The second-order valence-electron chi connectivity index (χ2n) is 6.82. The third kappa shape index (κ3) is 3.05. The van der Waals surface area contributed by atoms with Crippen molar-refractivity contribution in [3.63, 3.8) is 0 Å². The summed E-state index contributed by atoms with van der Waals surface area (Å²) in [5, 5.41) is 2.90. The number of carbonyl (C=O) groups excluding carboxylic acids is 1. The SMILES string of the molecule is Cc1cc(C)cc(C2(C(=O)NC(C)c3ccc(F)cc3F)CC2)c1. The van der Waals surface area contributed by atoms with Crippen LogP contribution >= 0.6 is 0 Å². The third-order valence-electron chi connectivity index (χ3n) is 4.74. The molecule has 1 fully saturated rings. The van der Waals surface area contributed by atoms with Crippen molar-refractivity contribution in [3.8, 4) is 0 Å². The topological polar surface area (TPSA) is 29.1 Å². The molecule has 24 heavy (non-hydrogen) atoms. The van der Waals surface area contributed by atoms with Crippen LogP contribution in [-0.2, 0) is 10.2 Å². The molecule has 4 heteroatoms. The molecule has 0 radical (unpaired) electrons. The van der Waals surface area contributed by atoms with Crippen LogP contribution in [0.15, 0.2) is 36.4 Å². The first-order valence-electron chi connectivity index (χ1n) is 8.16. The van der Waals surface area contributed by atoms with Gasteiger partial charge < -0.3 is 5.32 Å². The Hall–Kier alpha value is -2.23. The molecule has 1 N–H and O–H groups in total. The zero-order valence-corrected chi connectivity index (χ0v) is 14.1. The largest absolute Gasteiger partial charge is 0.349 e. The number of nitrogens with one attached hydrogen (secondary N) is 1. The molecular weight excluding hydrogens is 308 g/mol. The smallest absolute Gasteiger partial charge is 0.231 e. The van der Waals surface area contributed by atoms with Crippen LogP contribution in [0.25, 0.3) is 0 Å². The lowest BCUT2D eigenvalue weighted by Gasteiger charge is -2.21. The number of hydrogen-bond acceptors (Lipinski definition) is 1. The Morgan fingerprint density at radius 1 is 1.08 bits per heavy atom. The number of benzene rings is 2. The first-order chi connectivity index (χ1) is 11.3. The van der Waals surface area contributed by atoms with E-state index in [0.717, 1.165) is 35.6 Å². The molecule has 0 aliphatic heterocycles. The zero-order chi connectivity index (χ0) is 17.5. The maximum Gasteiger partial charge on any atom is 0.231 e. The number of carbonyl (C=O) groups is 1. The van der Waals surface area contributed by atoms with Gasteiger partial charge in [-0.3, -0.25) is 4.79 Å². The number of amides is 1. The van der Waals surface area contributed by atoms with Crippen LogP contribution in [0.1, 0.15) is 48.1 Å². The number of rotatable bonds is 4. The molecule has 1 atom stereocenters. The van der Waals surface area contributed by atoms with E-state index in [1.165, 1.54) is 12.1 Å². The minimum absolute atomic E-state index is 0.0938. The number of hydrogen-bond donors (Lipinski definition) is 1. The Bertz CT molecular complexity index is 776. The maximum atomic E-state index is 13.9. The fraction of sp³-hybridized carbons (Fsp3) is 0.350. The van der Waals surface area contributed by atoms with Gasteiger partial charge in [-0.15, -0.1) is 0 Å². The van der Waals surface area contributed by atoms with Crippen molar-refractivity contribution in [3.05, 3.63) is 70.3 Å². The van der Waals surface area contributed by atoms with E-state index < -0.39 is 23.1 Å². The molecule has 0 saturated heterocycles. The van der Waals surface area contributed by atoms with Crippen LogP contribution < -0.4 is 5.32 Å². The fourth-order valence-corrected chi connectivity index (χ4v) is 3.29. The van der Waals surface area contributed by atoms with Crippen molar-refractivity contribution in [1.29, 1.82) is 0 Å². The van der Waals surface area contributed by atoms with Crippen molar-refractivity contribution in [2.75, 3.05) is 0 Å². The van der Waals surface area contributed by atoms with Gasteiger partial charge >= 0.3 is 0 Å². The fourth-order valence-electron chi connectivity index (χ4n) is 3.29. The van der Waals surface area contributed by atoms with Gasteiger partial charge in [0.05, 0.1) is 11.5 Å². The predicted molar refractivity (Wildman–Crippen MR) is 89.7 cm³/mol. The summed E-state index contributed by atoms with van der Waals surface area (Å²) in [6, 6.07) is 9.08. The van der Waals surface area contributed by atoms with Gasteiger partial charge in [-0.1, -0.05) is 35.4 Å². The molecule has 1 saturated carbocycles. The Morgan fingerprint density at radius 3 is 2.25 bits per heavy atom. The standard InChI is InChI=1S/C20H21F2NO/c1-12-8-13(2)10-15(9-12)20(6-7-20)19(24)23-14(3)17-5-4-16(21)11-18(17)22/h4-5,8-11,14H,6-7H2,1-3H3,(H,23,24). The molecule has 0 spiro atoms. The molecule has 2 aromatic carbocycles. The zero-order valence-electron chi connectivity index (χ0n) is 14.1. The van der Waals surface area contributed by atoms with E-state index in [2.05, 4.69) is 11.4 Å². The average molecular weight is 329 g/mol. The van der Waals surface area contributed by atoms with E-state index in [9.17, 15) is 13.6 Å². The van der Waals surface area contributed by atoms with Gasteiger partial charge in [0.1, 0.15) is 11.6 Å². The Balaban J connectivity index is 1.81. The summed E-state index contributed by atoms with van der Waals surface area (Å²) >= 11 is 0. The normalized spacial score (nSPS) is 16.5. The molecule has 0 heterocycles. The summed E-state index contributed by atoms with van der Waals surface area (Å²) in [4.78, 5) is 12.8. The van der Waals surface area contributed by atoms with E-state index in [1.807, 2.05) is 26.0 Å². The van der Waals surface area contributed by atoms with Gasteiger partial charge in [0.25, 0.3) is 0 Å². The van der Waals surface area contributed by atoms with Gasteiger partial charge in [-0.25, -0.2) is 8.78 Å². The van der Waals surface area contributed by atoms with Crippen LogP contribution in [0.5, 0.6) is 0 Å². The highest BCUT2D eigenvalue weighted by Crippen LogP contribution is 2.49. The minimum Gasteiger partial charge on any atom is -0.349 e.